The molecule has 7 nitrogen and oxygen atoms in total. The van der Waals surface area contributed by atoms with Gasteiger partial charge in [-0.2, -0.15) is 5.10 Å². The summed E-state index contributed by atoms with van der Waals surface area (Å²) in [6.45, 7) is 2.85. The molecule has 2 rings (SSSR count). The maximum Gasteiger partial charge on any atom is 0.216 e. The van der Waals surface area contributed by atoms with E-state index in [0.29, 0.717) is 12.3 Å². The Balaban J connectivity index is 2.20. The van der Waals surface area contributed by atoms with E-state index in [0.717, 1.165) is 18.1 Å². The molecule has 0 amide bonds. The van der Waals surface area contributed by atoms with Crippen LogP contribution in [0.1, 0.15) is 24.5 Å². The van der Waals surface area contributed by atoms with Crippen LogP contribution in [0.25, 0.3) is 0 Å². The van der Waals surface area contributed by atoms with Gasteiger partial charge in [-0.05, 0) is 14.0 Å². The SMILES string of the molecule is CCn1ncnc1CC(NC)c1cc(OC)ncn1. The molecule has 2 heterocycles. The number of nitrogens with one attached hydrogen (secondary N) is 1. The highest BCUT2D eigenvalue weighted by Crippen LogP contribution is 2.17. The molecule has 1 unspecified atom stereocenters. The highest BCUT2D eigenvalue weighted by atomic mass is 16.5. The number of hydrogen-bond acceptors (Lipinski definition) is 6. The van der Waals surface area contributed by atoms with Gasteiger partial charge in [-0.1, -0.05) is 0 Å². The van der Waals surface area contributed by atoms with Crippen molar-refractivity contribution in [1.82, 2.24) is 30.0 Å². The number of rotatable bonds is 6. The van der Waals surface area contributed by atoms with Gasteiger partial charge in [0.25, 0.3) is 0 Å². The summed E-state index contributed by atoms with van der Waals surface area (Å²) < 4.78 is 7.00. The smallest absolute Gasteiger partial charge is 0.216 e. The number of methoxy groups -OCH3 is 1. The lowest BCUT2D eigenvalue weighted by molar-refractivity contribution is 0.394. The van der Waals surface area contributed by atoms with Gasteiger partial charge < -0.3 is 10.1 Å². The van der Waals surface area contributed by atoms with Crippen LogP contribution in [-0.2, 0) is 13.0 Å². The number of aryl methyl sites for hydroxylation is 1. The molecule has 1 N–H and O–H groups in total. The average molecular weight is 262 g/mol. The number of ether oxygens (including phenoxy) is 1. The minimum atomic E-state index is 0.0476. The second-order valence-electron chi connectivity index (χ2n) is 4.02. The van der Waals surface area contributed by atoms with Crippen LogP contribution in [0.4, 0.5) is 0 Å². The normalized spacial score (nSPS) is 12.4. The summed E-state index contributed by atoms with van der Waals surface area (Å²) >= 11 is 0. The van der Waals surface area contributed by atoms with Gasteiger partial charge >= 0.3 is 0 Å². The van der Waals surface area contributed by atoms with Crippen LogP contribution in [0.2, 0.25) is 0 Å². The number of hydrogen-bond donors (Lipinski definition) is 1. The number of aromatic nitrogens is 5. The fraction of sp³-hybridized carbons (Fsp3) is 0.500. The van der Waals surface area contributed by atoms with Gasteiger partial charge in [0.2, 0.25) is 5.88 Å². The fourth-order valence-corrected chi connectivity index (χ4v) is 1.90. The molecule has 0 aliphatic rings. The third-order valence-electron chi connectivity index (χ3n) is 2.96. The Bertz CT molecular complexity index is 526. The monoisotopic (exact) mass is 262 g/mol. The van der Waals surface area contributed by atoms with Gasteiger partial charge in [0, 0.05) is 19.0 Å². The van der Waals surface area contributed by atoms with Crippen molar-refractivity contribution in [2.45, 2.75) is 25.9 Å². The first-order chi connectivity index (χ1) is 9.28. The summed E-state index contributed by atoms with van der Waals surface area (Å²) in [6.07, 6.45) is 3.79. The zero-order chi connectivity index (χ0) is 13.7. The Morgan fingerprint density at radius 1 is 1.32 bits per heavy atom. The third-order valence-corrected chi connectivity index (χ3v) is 2.96. The quantitative estimate of drug-likeness (QED) is 0.821. The second-order valence-corrected chi connectivity index (χ2v) is 4.02. The van der Waals surface area contributed by atoms with E-state index in [2.05, 4.69) is 25.4 Å². The highest BCUT2D eigenvalue weighted by molar-refractivity contribution is 5.17. The van der Waals surface area contributed by atoms with E-state index in [1.54, 1.807) is 13.4 Å². The first-order valence-corrected chi connectivity index (χ1v) is 6.18. The minimum Gasteiger partial charge on any atom is -0.481 e. The van der Waals surface area contributed by atoms with Crippen molar-refractivity contribution in [3.63, 3.8) is 0 Å². The molecule has 0 aliphatic heterocycles. The van der Waals surface area contributed by atoms with Gasteiger partial charge in [0.1, 0.15) is 18.5 Å². The maximum absolute atomic E-state index is 5.12. The van der Waals surface area contributed by atoms with Gasteiger partial charge in [-0.25, -0.2) is 15.0 Å². The molecule has 7 heteroatoms. The van der Waals surface area contributed by atoms with Crippen molar-refractivity contribution in [3.8, 4) is 5.88 Å². The van der Waals surface area contributed by atoms with Crippen LogP contribution in [0.5, 0.6) is 5.88 Å². The van der Waals surface area contributed by atoms with Gasteiger partial charge in [-0.3, -0.25) is 4.68 Å². The standard InChI is InChI=1S/C12H18N6O/c1-4-18-11(15-8-17-18)5-9(13-2)10-6-12(19-3)16-7-14-10/h6-9,13H,4-5H2,1-3H3. The Morgan fingerprint density at radius 3 is 2.84 bits per heavy atom. The summed E-state index contributed by atoms with van der Waals surface area (Å²) in [7, 11) is 3.49. The van der Waals surface area contributed by atoms with Crippen LogP contribution in [-0.4, -0.2) is 38.9 Å². The van der Waals surface area contributed by atoms with Gasteiger partial charge in [0.15, 0.2) is 0 Å². The lowest BCUT2D eigenvalue weighted by Crippen LogP contribution is -2.22. The van der Waals surface area contributed by atoms with Gasteiger partial charge in [0.05, 0.1) is 18.8 Å². The number of nitrogens with zero attached hydrogens (tertiary/aromatic N) is 5. The van der Waals surface area contributed by atoms with E-state index in [1.165, 1.54) is 6.33 Å². The first kappa shape index (κ1) is 13.4. The molecule has 0 radical (unpaired) electrons. The summed E-state index contributed by atoms with van der Waals surface area (Å²) in [4.78, 5) is 12.6. The molecule has 0 saturated carbocycles. The van der Waals surface area contributed by atoms with E-state index in [1.807, 2.05) is 24.7 Å². The van der Waals surface area contributed by atoms with Crippen LogP contribution in [0.15, 0.2) is 18.7 Å². The average Bonchev–Trinajstić information content (AvgIpc) is 2.92. The van der Waals surface area contributed by atoms with Crippen molar-refractivity contribution < 1.29 is 4.74 Å². The maximum atomic E-state index is 5.12. The minimum absolute atomic E-state index is 0.0476. The molecule has 19 heavy (non-hydrogen) atoms. The Kier molecular flexibility index (Phi) is 4.40. The predicted molar refractivity (Wildman–Crippen MR) is 69.8 cm³/mol. The molecule has 1 atom stereocenters. The predicted octanol–water partition coefficient (Wildman–Crippen LogP) is 0.600. The van der Waals surface area contributed by atoms with Crippen molar-refractivity contribution in [1.29, 1.82) is 0 Å². The molecule has 0 spiro atoms. The molecule has 2 aromatic heterocycles. The van der Waals surface area contributed by atoms with Crippen LogP contribution >= 0.6 is 0 Å². The molecule has 0 bridgehead atoms. The Hall–Kier alpha value is -2.02. The molecule has 0 saturated heterocycles. The summed E-state index contributed by atoms with van der Waals surface area (Å²) in [5.74, 6) is 1.49. The van der Waals surface area contributed by atoms with Crippen molar-refractivity contribution in [3.05, 3.63) is 30.2 Å². The van der Waals surface area contributed by atoms with E-state index in [9.17, 15) is 0 Å². The zero-order valence-corrected chi connectivity index (χ0v) is 11.4. The summed E-state index contributed by atoms with van der Waals surface area (Å²) in [6, 6.07) is 1.87. The first-order valence-electron chi connectivity index (χ1n) is 6.18. The van der Waals surface area contributed by atoms with Crippen molar-refractivity contribution in [2.75, 3.05) is 14.2 Å². The highest BCUT2D eigenvalue weighted by Gasteiger charge is 2.16. The van der Waals surface area contributed by atoms with Crippen LogP contribution < -0.4 is 10.1 Å². The van der Waals surface area contributed by atoms with E-state index in [-0.39, 0.29) is 6.04 Å². The number of likely N-dealkylation sites (N-methyl/N-ethyl adjacent to an activating group) is 1. The lowest BCUT2D eigenvalue weighted by Gasteiger charge is -2.15. The van der Waals surface area contributed by atoms with Crippen LogP contribution in [0, 0.1) is 0 Å². The summed E-state index contributed by atoms with van der Waals surface area (Å²) in [5, 5.41) is 7.40. The van der Waals surface area contributed by atoms with E-state index >= 15 is 0 Å². The van der Waals surface area contributed by atoms with E-state index in [4.69, 9.17) is 4.74 Å². The van der Waals surface area contributed by atoms with E-state index < -0.39 is 0 Å². The van der Waals surface area contributed by atoms with Crippen molar-refractivity contribution >= 4 is 0 Å². The Morgan fingerprint density at radius 2 is 2.16 bits per heavy atom. The lowest BCUT2D eigenvalue weighted by atomic mass is 10.1. The Labute approximate surface area is 112 Å². The molecular formula is C12H18N6O. The fourth-order valence-electron chi connectivity index (χ4n) is 1.90. The third kappa shape index (κ3) is 3.05. The van der Waals surface area contributed by atoms with Gasteiger partial charge in [-0.15, -0.1) is 0 Å². The van der Waals surface area contributed by atoms with Crippen molar-refractivity contribution in [2.24, 2.45) is 0 Å². The molecule has 102 valence electrons. The molecule has 2 aromatic rings. The van der Waals surface area contributed by atoms with Crippen LogP contribution in [0.3, 0.4) is 0 Å². The molecule has 0 aromatic carbocycles. The second kappa shape index (κ2) is 6.24. The largest absolute Gasteiger partial charge is 0.481 e. The molecule has 0 aliphatic carbocycles. The topological polar surface area (TPSA) is 77.8 Å². The zero-order valence-electron chi connectivity index (χ0n) is 11.4. The summed E-state index contributed by atoms with van der Waals surface area (Å²) in [5.41, 5.74) is 0.875. The molecule has 0 fully saturated rings. The molecular weight excluding hydrogens is 244 g/mol.